The Morgan fingerprint density at radius 2 is 1.48 bits per heavy atom. The van der Waals surface area contributed by atoms with E-state index in [0.717, 1.165) is 29.8 Å². The van der Waals surface area contributed by atoms with Crippen molar-refractivity contribution in [3.05, 3.63) is 107 Å². The van der Waals surface area contributed by atoms with Gasteiger partial charge in [0.05, 0.1) is 52.3 Å². The summed E-state index contributed by atoms with van der Waals surface area (Å²) in [5, 5.41) is 10.6. The highest BCUT2D eigenvalue weighted by Gasteiger charge is 2.39. The van der Waals surface area contributed by atoms with Gasteiger partial charge in [-0.05, 0) is 122 Å². The van der Waals surface area contributed by atoms with Crippen LogP contribution in [0.25, 0.3) is 11.0 Å². The summed E-state index contributed by atoms with van der Waals surface area (Å²) < 4.78 is 7.73. The number of imidazole rings is 1. The van der Waals surface area contributed by atoms with Crippen molar-refractivity contribution in [2.24, 2.45) is 21.7 Å². The molecule has 66 heavy (non-hydrogen) atoms. The number of aromatic nitrogens is 2. The number of ether oxygens (including phenoxy) is 1. The lowest BCUT2D eigenvalue weighted by molar-refractivity contribution is -0.135. The minimum absolute atomic E-state index is 0.0682. The van der Waals surface area contributed by atoms with E-state index in [1.807, 2.05) is 19.9 Å². The van der Waals surface area contributed by atoms with Gasteiger partial charge in [0.15, 0.2) is 11.8 Å². The van der Waals surface area contributed by atoms with Crippen molar-refractivity contribution in [1.29, 1.82) is 0 Å². The molecule has 6 rings (SSSR count). The number of hydrazine groups is 1. The summed E-state index contributed by atoms with van der Waals surface area (Å²) in [6, 6.07) is 21.8. The van der Waals surface area contributed by atoms with Crippen LogP contribution in [0.3, 0.4) is 0 Å². The van der Waals surface area contributed by atoms with Crippen molar-refractivity contribution < 1.29 is 28.7 Å². The van der Waals surface area contributed by atoms with Gasteiger partial charge in [-0.25, -0.2) is 4.98 Å². The SMILES string of the molecule is CC(C)(C)Cc1ccc(OCCCC(=O)Nc2ccc(Cl)c(NC(=O)C(C(=O)C(C)(C)C)n3cnc4cc(NC(=O)c5ccc(N6CC(C)(C)C(=O)N6)cc5)ccc43)c2)c(CC(C)(C)C)c1. The van der Waals surface area contributed by atoms with E-state index in [1.54, 1.807) is 86.4 Å². The van der Waals surface area contributed by atoms with Gasteiger partial charge in [0.2, 0.25) is 11.8 Å². The van der Waals surface area contributed by atoms with Gasteiger partial charge < -0.3 is 25.3 Å². The number of nitrogens with one attached hydrogen (secondary N) is 4. The molecule has 0 saturated carbocycles. The first-order valence-electron chi connectivity index (χ1n) is 22.4. The Balaban J connectivity index is 1.10. The molecule has 13 nitrogen and oxygen atoms in total. The number of hydrogen-bond donors (Lipinski definition) is 4. The molecule has 14 heteroatoms. The molecule has 1 fully saturated rings. The monoisotopic (exact) mass is 917 g/mol. The molecule has 1 aromatic heterocycles. The predicted octanol–water partition coefficient (Wildman–Crippen LogP) is 10.6. The number of benzene rings is 4. The Hall–Kier alpha value is -6.21. The largest absolute Gasteiger partial charge is 0.493 e. The van der Waals surface area contributed by atoms with E-state index in [2.05, 4.69) is 80.0 Å². The topological polar surface area (TPSA) is 164 Å². The Kier molecular flexibility index (Phi) is 14.4. The van der Waals surface area contributed by atoms with Gasteiger partial charge in [0.25, 0.3) is 11.8 Å². The van der Waals surface area contributed by atoms with Crippen molar-refractivity contribution in [3.8, 4) is 5.75 Å². The smallest absolute Gasteiger partial charge is 0.255 e. The highest BCUT2D eigenvalue weighted by atomic mass is 35.5. The molecule has 1 atom stereocenters. The molecule has 0 aliphatic carbocycles. The van der Waals surface area contributed by atoms with Crippen molar-refractivity contribution in [3.63, 3.8) is 0 Å². The summed E-state index contributed by atoms with van der Waals surface area (Å²) in [4.78, 5) is 71.4. The number of nitrogens with zero attached hydrogens (tertiary/aromatic N) is 3. The second-order valence-corrected chi connectivity index (χ2v) is 21.8. The maximum Gasteiger partial charge on any atom is 0.255 e. The summed E-state index contributed by atoms with van der Waals surface area (Å²) in [5.41, 5.74) is 7.28. The second kappa shape index (κ2) is 19.3. The van der Waals surface area contributed by atoms with Crippen LogP contribution < -0.4 is 31.1 Å². The first-order valence-corrected chi connectivity index (χ1v) is 22.8. The van der Waals surface area contributed by atoms with Gasteiger partial charge in [0, 0.05) is 28.8 Å². The molecule has 0 spiro atoms. The molecule has 350 valence electrons. The first kappa shape index (κ1) is 49.2. The average molecular weight is 919 g/mol. The van der Waals surface area contributed by atoms with E-state index in [1.165, 1.54) is 16.5 Å². The van der Waals surface area contributed by atoms with Gasteiger partial charge in [0.1, 0.15) is 5.75 Å². The number of amides is 4. The van der Waals surface area contributed by atoms with Crippen molar-refractivity contribution in [1.82, 2.24) is 15.0 Å². The Morgan fingerprint density at radius 3 is 2.12 bits per heavy atom. The van der Waals surface area contributed by atoms with Crippen LogP contribution in [-0.2, 0) is 32.0 Å². The lowest BCUT2D eigenvalue weighted by Gasteiger charge is -2.25. The third-order valence-electron chi connectivity index (χ3n) is 11.1. The third-order valence-corrected chi connectivity index (χ3v) is 11.4. The van der Waals surface area contributed by atoms with Crippen LogP contribution in [0.4, 0.5) is 22.7 Å². The molecule has 1 aliphatic heterocycles. The van der Waals surface area contributed by atoms with Crippen LogP contribution in [0.15, 0.2) is 85.2 Å². The summed E-state index contributed by atoms with van der Waals surface area (Å²) in [7, 11) is 0. The molecular formula is C52H64ClN7O6. The zero-order valence-corrected chi connectivity index (χ0v) is 40.8. The minimum atomic E-state index is -1.34. The maximum absolute atomic E-state index is 14.2. The van der Waals surface area contributed by atoms with Crippen LogP contribution in [0.5, 0.6) is 5.75 Å². The van der Waals surface area contributed by atoms with Crippen molar-refractivity contribution in [2.75, 3.05) is 34.1 Å². The number of ketones is 1. The fourth-order valence-corrected chi connectivity index (χ4v) is 7.94. The van der Waals surface area contributed by atoms with Crippen LogP contribution in [0.2, 0.25) is 5.02 Å². The molecule has 1 unspecified atom stereocenters. The van der Waals surface area contributed by atoms with Crippen molar-refractivity contribution in [2.45, 2.75) is 108 Å². The molecule has 2 heterocycles. The Bertz CT molecular complexity index is 2630. The summed E-state index contributed by atoms with van der Waals surface area (Å²) in [6.07, 6.45) is 3.94. The van der Waals surface area contributed by atoms with Crippen LogP contribution in [-0.4, -0.2) is 52.1 Å². The molecule has 1 aliphatic rings. The fourth-order valence-electron chi connectivity index (χ4n) is 7.77. The number of hydrogen-bond acceptors (Lipinski definition) is 8. The van der Waals surface area contributed by atoms with Gasteiger partial charge >= 0.3 is 0 Å². The number of rotatable bonds is 15. The molecule has 4 aromatic carbocycles. The zero-order valence-electron chi connectivity index (χ0n) is 40.1. The molecule has 4 amide bonds. The Morgan fingerprint density at radius 1 is 0.818 bits per heavy atom. The summed E-state index contributed by atoms with van der Waals surface area (Å²) in [6.45, 7) is 23.1. The standard InChI is InChI=1S/C52H64ClN7O6/c1-49(2,3)28-32-14-23-42(34(25-32)29-50(4,5)6)66-24-12-13-43(61)55-35-17-21-38(53)39(26-35)57-47(64)44(45(62)51(7,8)9)59-31-54-40-27-36(18-22-41(40)59)56-46(63)33-15-19-37(20-16-33)60-30-52(10,11)48(65)58-60/h14-23,25-27,31,44H,12-13,24,28-30H2,1-11H3,(H,55,61)(H,56,63)(H,57,64)(H,58,65). The summed E-state index contributed by atoms with van der Waals surface area (Å²) >= 11 is 6.58. The first-order chi connectivity index (χ1) is 30.8. The number of halogens is 1. The second-order valence-electron chi connectivity index (χ2n) is 21.4. The summed E-state index contributed by atoms with van der Waals surface area (Å²) in [5.74, 6) is -0.833. The quantitative estimate of drug-likeness (QED) is 0.0596. The predicted molar refractivity (Wildman–Crippen MR) is 263 cm³/mol. The van der Waals surface area contributed by atoms with E-state index >= 15 is 0 Å². The van der Waals surface area contributed by atoms with E-state index < -0.39 is 22.8 Å². The number of Topliss-reactive ketones (excluding diaryl/α,β-unsaturated/α-hetero) is 1. The van der Waals surface area contributed by atoms with Crippen LogP contribution in [0, 0.1) is 21.7 Å². The third kappa shape index (κ3) is 12.6. The van der Waals surface area contributed by atoms with Crippen molar-refractivity contribution >= 4 is 74.8 Å². The molecule has 0 bridgehead atoms. The lowest BCUT2D eigenvalue weighted by atomic mass is 9.84. The van der Waals surface area contributed by atoms with Gasteiger partial charge in [-0.2, -0.15) is 0 Å². The Labute approximate surface area is 393 Å². The lowest BCUT2D eigenvalue weighted by Crippen LogP contribution is -2.38. The molecule has 5 aromatic rings. The molecule has 0 radical (unpaired) electrons. The van der Waals surface area contributed by atoms with E-state index in [-0.39, 0.29) is 51.5 Å². The maximum atomic E-state index is 14.2. The van der Waals surface area contributed by atoms with E-state index in [0.29, 0.717) is 47.5 Å². The van der Waals surface area contributed by atoms with Gasteiger partial charge in [-0.1, -0.05) is 86.0 Å². The van der Waals surface area contributed by atoms with E-state index in [9.17, 15) is 24.0 Å². The fraction of sp³-hybridized carbons (Fsp3) is 0.423. The molecular weight excluding hydrogens is 854 g/mol. The average Bonchev–Trinajstić information content (AvgIpc) is 3.74. The normalized spacial score (nSPS) is 14.4. The van der Waals surface area contributed by atoms with Gasteiger partial charge in [-0.15, -0.1) is 0 Å². The van der Waals surface area contributed by atoms with Crippen LogP contribution in [0.1, 0.15) is 117 Å². The van der Waals surface area contributed by atoms with E-state index in [4.69, 9.17) is 16.3 Å². The zero-order chi connectivity index (χ0) is 48.4. The molecule has 4 N–H and O–H groups in total. The van der Waals surface area contributed by atoms with Crippen LogP contribution >= 0.6 is 11.6 Å². The number of carbonyl (C=O) groups excluding carboxylic acids is 5. The number of fused-ring (bicyclic) bond motifs is 1. The minimum Gasteiger partial charge on any atom is -0.493 e. The van der Waals surface area contributed by atoms with Gasteiger partial charge in [-0.3, -0.25) is 34.4 Å². The molecule has 1 saturated heterocycles. The number of carbonyl (C=O) groups is 5. The number of anilines is 4. The highest BCUT2D eigenvalue weighted by Crippen LogP contribution is 2.34. The highest BCUT2D eigenvalue weighted by molar-refractivity contribution is 6.34.